The normalized spacial score (nSPS) is 16.3. The number of hydrogen-bond acceptors (Lipinski definition) is 4. The summed E-state index contributed by atoms with van der Waals surface area (Å²) < 4.78 is 0. The van der Waals surface area contributed by atoms with Gasteiger partial charge >= 0.3 is 0 Å². The van der Waals surface area contributed by atoms with Crippen molar-refractivity contribution in [3.8, 4) is 11.1 Å². The molecular weight excluding hydrogens is 451 g/mol. The van der Waals surface area contributed by atoms with E-state index < -0.39 is 0 Å². The van der Waals surface area contributed by atoms with Crippen molar-refractivity contribution in [1.29, 1.82) is 0 Å². The Kier molecular flexibility index (Phi) is 7.53. The molecule has 1 aromatic carbocycles. The number of amides is 3. The van der Waals surface area contributed by atoms with Crippen LogP contribution in [0.2, 0.25) is 5.02 Å². The van der Waals surface area contributed by atoms with E-state index in [0.29, 0.717) is 30.4 Å². The summed E-state index contributed by atoms with van der Waals surface area (Å²) in [6.07, 6.45) is 2.87. The number of nitrogens with zero attached hydrogens (tertiary/aromatic N) is 4. The fourth-order valence-electron chi connectivity index (χ4n) is 3.73. The number of pyridine rings is 1. The molecule has 1 aromatic heterocycles. The van der Waals surface area contributed by atoms with Gasteiger partial charge in [0.05, 0.1) is 6.04 Å². The largest absolute Gasteiger partial charge is 0.343 e. The Labute approximate surface area is 197 Å². The Morgan fingerprint density at radius 2 is 1.88 bits per heavy atom. The number of carbonyl (C=O) groups is 3. The van der Waals surface area contributed by atoms with Crippen LogP contribution in [0.3, 0.4) is 0 Å². The fourth-order valence-corrected chi connectivity index (χ4v) is 4.08. The molecule has 0 spiro atoms. The molecule has 168 valence electrons. The molecule has 9 heteroatoms. The maximum Gasteiger partial charge on any atom is 0.271 e. The third-order valence-electron chi connectivity index (χ3n) is 5.33. The summed E-state index contributed by atoms with van der Waals surface area (Å²) in [5, 5.41) is 0.488. The van der Waals surface area contributed by atoms with Gasteiger partial charge in [-0.2, -0.15) is 0 Å². The molecule has 1 fully saturated rings. The fraction of sp³-hybridized carbons (Fsp3) is 0.304. The first-order chi connectivity index (χ1) is 15.2. The Morgan fingerprint density at radius 3 is 2.53 bits per heavy atom. The standard InChI is InChI=1S/C23H24Cl2N4O3/c1-15(30)29-9-8-28(22(31)4-6-24)14-21(29)18-10-17(11-19(25)12-18)16-5-7-26-20(13-16)23(32)27(2)3/h4-7,10-13,21H,8-9,14H2,1-3H3/b6-4-/t21-/m0/s1. The molecule has 7 nitrogen and oxygen atoms in total. The van der Waals surface area contributed by atoms with Crippen LogP contribution in [0.15, 0.2) is 48.1 Å². The van der Waals surface area contributed by atoms with Gasteiger partial charge in [-0.15, -0.1) is 0 Å². The first-order valence-corrected chi connectivity index (χ1v) is 10.8. The highest BCUT2D eigenvalue weighted by Gasteiger charge is 2.32. The van der Waals surface area contributed by atoms with E-state index in [1.54, 1.807) is 54.4 Å². The molecule has 0 radical (unpaired) electrons. The maximum atomic E-state index is 12.3. The van der Waals surface area contributed by atoms with Crippen LogP contribution in [0.5, 0.6) is 0 Å². The van der Waals surface area contributed by atoms with Gasteiger partial charge in [0.15, 0.2) is 0 Å². The highest BCUT2D eigenvalue weighted by atomic mass is 35.5. The van der Waals surface area contributed by atoms with Crippen molar-refractivity contribution in [2.45, 2.75) is 13.0 Å². The van der Waals surface area contributed by atoms with Gasteiger partial charge in [-0.05, 0) is 47.0 Å². The minimum absolute atomic E-state index is 0.0840. The van der Waals surface area contributed by atoms with Crippen molar-refractivity contribution >= 4 is 40.9 Å². The molecule has 0 unspecified atom stereocenters. The zero-order chi connectivity index (χ0) is 23.4. The highest BCUT2D eigenvalue weighted by Crippen LogP contribution is 2.32. The first kappa shape index (κ1) is 23.8. The zero-order valence-corrected chi connectivity index (χ0v) is 19.6. The average molecular weight is 475 g/mol. The topological polar surface area (TPSA) is 73.8 Å². The molecule has 0 saturated carbocycles. The number of rotatable bonds is 4. The van der Waals surface area contributed by atoms with E-state index in [9.17, 15) is 14.4 Å². The molecule has 0 bridgehead atoms. The number of piperazine rings is 1. The average Bonchev–Trinajstić information content (AvgIpc) is 2.77. The number of benzene rings is 1. The minimum atomic E-state index is -0.365. The molecule has 1 saturated heterocycles. The van der Waals surface area contributed by atoms with Crippen molar-refractivity contribution in [2.75, 3.05) is 33.7 Å². The van der Waals surface area contributed by atoms with Crippen LogP contribution in [0, 0.1) is 0 Å². The third kappa shape index (κ3) is 5.29. The van der Waals surface area contributed by atoms with Crippen LogP contribution in [-0.4, -0.2) is 71.1 Å². The third-order valence-corrected chi connectivity index (χ3v) is 5.67. The van der Waals surface area contributed by atoms with Crippen molar-refractivity contribution in [3.63, 3.8) is 0 Å². The van der Waals surface area contributed by atoms with Crippen LogP contribution in [0.25, 0.3) is 11.1 Å². The van der Waals surface area contributed by atoms with Crippen LogP contribution >= 0.6 is 23.2 Å². The SMILES string of the molecule is CC(=O)N1CCN(C(=O)/C=C\Cl)C[C@H]1c1cc(Cl)cc(-c2ccnc(C(=O)N(C)C)c2)c1. The Balaban J connectivity index is 2.01. The van der Waals surface area contributed by atoms with Gasteiger partial charge in [0.25, 0.3) is 5.91 Å². The summed E-state index contributed by atoms with van der Waals surface area (Å²) in [6.45, 7) is 2.65. The molecule has 1 atom stereocenters. The summed E-state index contributed by atoms with van der Waals surface area (Å²) in [5.41, 5.74) is 3.86. The monoisotopic (exact) mass is 474 g/mol. The Morgan fingerprint density at radius 1 is 1.12 bits per heavy atom. The van der Waals surface area contributed by atoms with E-state index in [1.807, 2.05) is 6.07 Å². The number of halogens is 2. The predicted octanol–water partition coefficient (Wildman–Crippen LogP) is 3.59. The molecule has 1 aliphatic rings. The summed E-state index contributed by atoms with van der Waals surface area (Å²) in [5.74, 6) is -0.499. The molecule has 0 N–H and O–H groups in total. The van der Waals surface area contributed by atoms with Crippen molar-refractivity contribution < 1.29 is 14.4 Å². The molecular formula is C23H24Cl2N4O3. The molecule has 0 aliphatic carbocycles. The molecule has 32 heavy (non-hydrogen) atoms. The number of carbonyl (C=O) groups excluding carboxylic acids is 3. The van der Waals surface area contributed by atoms with Crippen LogP contribution in [0.1, 0.15) is 29.0 Å². The Hall–Kier alpha value is -2.90. The summed E-state index contributed by atoms with van der Waals surface area (Å²) >= 11 is 12.0. The van der Waals surface area contributed by atoms with Gasteiger partial charge in [0.1, 0.15) is 5.69 Å². The second-order valence-electron chi connectivity index (χ2n) is 7.71. The first-order valence-electron chi connectivity index (χ1n) is 10.0. The van der Waals surface area contributed by atoms with E-state index in [4.69, 9.17) is 23.2 Å². The zero-order valence-electron chi connectivity index (χ0n) is 18.1. The van der Waals surface area contributed by atoms with E-state index in [0.717, 1.165) is 16.7 Å². The highest BCUT2D eigenvalue weighted by molar-refractivity contribution is 6.31. The molecule has 2 aromatic rings. The lowest BCUT2D eigenvalue weighted by atomic mass is 9.96. The van der Waals surface area contributed by atoms with Gasteiger partial charge in [-0.25, -0.2) is 0 Å². The van der Waals surface area contributed by atoms with Gasteiger partial charge < -0.3 is 14.7 Å². The number of aromatic nitrogens is 1. The van der Waals surface area contributed by atoms with Gasteiger partial charge in [0, 0.05) is 63.5 Å². The number of hydrogen-bond donors (Lipinski definition) is 0. The van der Waals surface area contributed by atoms with E-state index in [1.165, 1.54) is 23.4 Å². The van der Waals surface area contributed by atoms with Crippen LogP contribution in [0.4, 0.5) is 0 Å². The molecule has 3 rings (SSSR count). The second kappa shape index (κ2) is 10.1. The summed E-state index contributed by atoms with van der Waals surface area (Å²) in [6, 6.07) is 8.66. The smallest absolute Gasteiger partial charge is 0.271 e. The van der Waals surface area contributed by atoms with Crippen molar-refractivity contribution in [1.82, 2.24) is 19.7 Å². The molecule has 2 heterocycles. The van der Waals surface area contributed by atoms with Gasteiger partial charge in [-0.3, -0.25) is 19.4 Å². The van der Waals surface area contributed by atoms with Gasteiger partial charge in [0.2, 0.25) is 11.8 Å². The van der Waals surface area contributed by atoms with Crippen molar-refractivity contribution in [3.05, 3.63) is 64.4 Å². The second-order valence-corrected chi connectivity index (χ2v) is 8.40. The lowest BCUT2D eigenvalue weighted by Crippen LogP contribution is -2.51. The molecule has 3 amide bonds. The Bertz CT molecular complexity index is 1070. The minimum Gasteiger partial charge on any atom is -0.343 e. The van der Waals surface area contributed by atoms with E-state index >= 15 is 0 Å². The summed E-state index contributed by atoms with van der Waals surface area (Å²) in [4.78, 5) is 46.0. The lowest BCUT2D eigenvalue weighted by Gasteiger charge is -2.41. The lowest BCUT2D eigenvalue weighted by molar-refractivity contribution is -0.139. The van der Waals surface area contributed by atoms with Crippen LogP contribution in [-0.2, 0) is 9.59 Å². The van der Waals surface area contributed by atoms with Crippen molar-refractivity contribution in [2.24, 2.45) is 0 Å². The summed E-state index contributed by atoms with van der Waals surface area (Å²) in [7, 11) is 3.33. The predicted molar refractivity (Wildman–Crippen MR) is 124 cm³/mol. The van der Waals surface area contributed by atoms with E-state index in [2.05, 4.69) is 4.98 Å². The quantitative estimate of drug-likeness (QED) is 0.634. The molecule has 1 aliphatic heterocycles. The van der Waals surface area contributed by atoms with Crippen LogP contribution < -0.4 is 0 Å². The maximum absolute atomic E-state index is 12.3. The van der Waals surface area contributed by atoms with Gasteiger partial charge in [-0.1, -0.05) is 23.2 Å². The van der Waals surface area contributed by atoms with E-state index in [-0.39, 0.29) is 23.8 Å².